The molecule has 0 aliphatic heterocycles. The third-order valence-electron chi connectivity index (χ3n) is 19.7. The summed E-state index contributed by atoms with van der Waals surface area (Å²) in [4.78, 5) is 78.8. The zero-order chi connectivity index (χ0) is 101. The number of rotatable bonds is 15. The molecule has 0 fully saturated rings. The number of benzene rings is 10. The van der Waals surface area contributed by atoms with Gasteiger partial charge in [-0.05, 0) is 180 Å². The molecule has 0 aliphatic carbocycles. The first-order valence-corrected chi connectivity index (χ1v) is 45.3. The molecule has 0 bridgehead atoms. The van der Waals surface area contributed by atoms with Crippen molar-refractivity contribution in [1.29, 1.82) is 0 Å². The van der Waals surface area contributed by atoms with Crippen LogP contribution in [0.25, 0.3) is 118 Å². The third kappa shape index (κ3) is 45.7. The van der Waals surface area contributed by atoms with Crippen molar-refractivity contribution in [3.63, 3.8) is 0 Å². The van der Waals surface area contributed by atoms with E-state index in [-0.39, 0.29) is 181 Å². The van der Waals surface area contributed by atoms with E-state index in [1.54, 1.807) is 36.9 Å². The number of carbonyl (C=O) groups is 4. The van der Waals surface area contributed by atoms with E-state index in [1.807, 2.05) is 274 Å². The fourth-order valence-corrected chi connectivity index (χ4v) is 13.8. The average molecular weight is 3210 g/mol. The minimum absolute atomic E-state index is 0. The van der Waals surface area contributed by atoms with Crippen molar-refractivity contribution >= 4 is 45.1 Å². The van der Waals surface area contributed by atoms with Crippen molar-refractivity contribution in [2.24, 2.45) is 5.92 Å². The van der Waals surface area contributed by atoms with Crippen molar-refractivity contribution in [1.82, 2.24) is 54.0 Å². The van der Waals surface area contributed by atoms with Gasteiger partial charge in [-0.3, -0.25) is 24.4 Å². The maximum absolute atomic E-state index is 10.1. The second-order valence-corrected chi connectivity index (χ2v) is 32.0. The zero-order valence-corrected chi connectivity index (χ0v) is 100. The summed E-state index contributed by atoms with van der Waals surface area (Å²) in [7, 11) is 0. The maximum Gasteiger partial charge on any atom is 0.354 e. The predicted molar refractivity (Wildman–Crippen MR) is 566 cm³/mol. The fourth-order valence-electron chi connectivity index (χ4n) is 13.8. The second kappa shape index (κ2) is 72.2. The minimum Gasteiger partial charge on any atom is -0.512 e. The van der Waals surface area contributed by atoms with Crippen LogP contribution in [0.15, 0.2) is 419 Å². The van der Waals surface area contributed by atoms with Gasteiger partial charge in [0.15, 0.2) is 17.3 Å². The first kappa shape index (κ1) is 131. The number of aromatic carboxylic acids is 1. The number of nitrogens with zero attached hydrogens (tertiary/aromatic N) is 11. The van der Waals surface area contributed by atoms with Gasteiger partial charge < -0.3 is 59.5 Å². The van der Waals surface area contributed by atoms with E-state index in [0.29, 0.717) is 5.92 Å². The predicted octanol–water partition coefficient (Wildman–Crippen LogP) is 27.9. The van der Waals surface area contributed by atoms with Gasteiger partial charge in [0.25, 0.3) is 0 Å². The standard InChI is InChI=1S/C21H19N2.C17H15N2.C16H11N2.C13H12N.C12H10N.2C11H8N.C6H5NO2.3C5H8O2.7Ir/c1-15(2)14-23-20-9-4-3-7-17(20)18-13-16(10-11-21(18)23)19-8-5-6-12-22-19;1-13-7-6-8-14(2)16(13)19-12-11-18-17(19)15-9-4-3-5-10-15;1-3-7-13(8-4-1)15-16(18-12-11-17-15)14-9-5-2-6-10-14;1-10-5-3-7-12(9-10)13-8-4-6-11(2)14-13;1-10-6-5-9-13-12(10)11-7-3-2-4-8-11;2*1-2-6-10(7-3-1)11-8-4-5-9-12-11;8-6(9)5-3-1-2-4-7-5;3*1-4(6)3-5(2)7;;;;;;;/h3-9,11-13,15H,14H2,1-2H3;3-9,11-12H,1-2H3;1-9,11-12H;3-6,8-9H,1-2H3;2-7,9H,1H3;2*1-6,8-9H;1-4H,(H,8,9);3*3,6H,1-2H3;;;;;;;/q7*-1;;;;;;;;;;;. The van der Waals surface area contributed by atoms with Crippen LogP contribution in [0.1, 0.15) is 93.8 Å². The molecule has 7 radical (unpaired) electrons. The van der Waals surface area contributed by atoms with E-state index in [4.69, 9.17) is 20.4 Å². The number of aryl methyl sites for hydroxylation is 5. The molecule has 0 amide bonds. The van der Waals surface area contributed by atoms with E-state index in [2.05, 4.69) is 205 Å². The molecule has 0 spiro atoms. The second-order valence-electron chi connectivity index (χ2n) is 32.0. The van der Waals surface area contributed by atoms with Crippen LogP contribution >= 0.6 is 0 Å². The average Bonchev–Trinajstić information content (AvgIpc) is 1.60. The van der Waals surface area contributed by atoms with Crippen LogP contribution in [-0.2, 0) is 162 Å². The van der Waals surface area contributed by atoms with Crippen LogP contribution in [0.4, 0.5) is 0 Å². The maximum atomic E-state index is 10.1. The number of carboxylic acid groups (broad SMARTS) is 1. The number of ketones is 3. The molecule has 0 unspecified atom stereocenters. The Morgan fingerprint density at radius 1 is 0.324 bits per heavy atom. The number of aromatic nitrogens is 11. The Morgan fingerprint density at radius 3 is 1.16 bits per heavy atom. The molecular weight excluding hydrogens is 3090 g/mol. The number of hydrogen-bond acceptors (Lipinski definition) is 16. The van der Waals surface area contributed by atoms with Crippen molar-refractivity contribution in [3.05, 3.63) is 495 Å². The minimum atomic E-state index is -0.990. The van der Waals surface area contributed by atoms with E-state index < -0.39 is 5.97 Å². The molecule has 9 aromatic heterocycles. The molecule has 19 nitrogen and oxygen atoms in total. The summed E-state index contributed by atoms with van der Waals surface area (Å²) in [5.41, 5.74) is 24.7. The summed E-state index contributed by atoms with van der Waals surface area (Å²) >= 11 is 0. The monoisotopic (exact) mass is 3210 g/mol. The number of para-hydroxylation sites is 2. The molecule has 0 saturated carbocycles. The van der Waals surface area contributed by atoms with E-state index in [0.717, 1.165) is 102 Å². The summed E-state index contributed by atoms with van der Waals surface area (Å²) in [5, 5.41) is 36.0. The van der Waals surface area contributed by atoms with Crippen molar-refractivity contribution in [3.8, 4) is 95.9 Å². The number of hydrogen-bond donors (Lipinski definition) is 4. The fraction of sp³-hybridized carbons (Fsp3) is 0.123. The van der Waals surface area contributed by atoms with E-state index >= 15 is 0 Å². The Labute approximate surface area is 963 Å². The number of allylic oxidation sites excluding steroid dienone is 6. The first-order chi connectivity index (χ1) is 68.2. The molecule has 4 N–H and O–H groups in total. The van der Waals surface area contributed by atoms with Gasteiger partial charge in [-0.15, -0.1) is 239 Å². The van der Waals surface area contributed by atoms with E-state index in [1.165, 1.54) is 122 Å². The Morgan fingerprint density at radius 2 is 0.730 bits per heavy atom. The van der Waals surface area contributed by atoms with Gasteiger partial charge in [0.2, 0.25) is 0 Å². The molecule has 19 aromatic rings. The summed E-state index contributed by atoms with van der Waals surface area (Å²) in [5.74, 6) is 0.352. The molecule has 0 saturated heterocycles. The number of aliphatic hydroxyl groups is 3. The van der Waals surface area contributed by atoms with Crippen molar-refractivity contribution < 1.29 is 180 Å². The Balaban J connectivity index is 0.000000558. The molecule has 19 rings (SSSR count). The summed E-state index contributed by atoms with van der Waals surface area (Å²) in [6, 6.07) is 130. The molecule has 10 aromatic carbocycles. The summed E-state index contributed by atoms with van der Waals surface area (Å²) in [6.07, 6.45) is 19.4. The molecule has 0 atom stereocenters. The van der Waals surface area contributed by atoms with Gasteiger partial charge in [0.05, 0.1) is 28.8 Å². The zero-order valence-electron chi connectivity index (χ0n) is 83.6. The molecule has 773 valence electrons. The Bertz CT molecular complexity index is 6830. The largest absolute Gasteiger partial charge is 0.512 e. The molecule has 9 heterocycles. The van der Waals surface area contributed by atoms with Gasteiger partial charge in [-0.1, -0.05) is 159 Å². The summed E-state index contributed by atoms with van der Waals surface area (Å²) in [6.45, 7) is 24.5. The number of imidazole rings is 1. The van der Waals surface area contributed by atoms with Crippen molar-refractivity contribution in [2.75, 3.05) is 0 Å². The van der Waals surface area contributed by atoms with Crippen LogP contribution in [0.3, 0.4) is 0 Å². The van der Waals surface area contributed by atoms with Crippen LogP contribution in [-0.4, -0.2) is 97.7 Å². The van der Waals surface area contributed by atoms with Gasteiger partial charge in [0.1, 0.15) is 5.69 Å². The number of carbonyl (C=O) groups excluding carboxylic acids is 3. The van der Waals surface area contributed by atoms with Crippen LogP contribution < -0.4 is 0 Å². The number of aliphatic hydroxyl groups excluding tert-OH is 3. The number of carboxylic acids is 1. The quantitative estimate of drug-likeness (QED) is 0.0422. The third-order valence-corrected chi connectivity index (χ3v) is 19.7. The van der Waals surface area contributed by atoms with Gasteiger partial charge in [-0.25, -0.2) is 9.78 Å². The Kier molecular flexibility index (Phi) is 63.9. The number of pyridine rings is 6. The van der Waals surface area contributed by atoms with Gasteiger partial charge in [0, 0.05) is 244 Å². The van der Waals surface area contributed by atoms with Crippen LogP contribution in [0, 0.1) is 83.0 Å². The smallest absolute Gasteiger partial charge is 0.354 e. The number of fused-ring (bicyclic) bond motifs is 3. The first-order valence-electron chi connectivity index (χ1n) is 45.3. The van der Waals surface area contributed by atoms with Gasteiger partial charge >= 0.3 is 5.97 Å². The Hall–Kier alpha value is -13.2. The molecule has 26 heteroatoms. The molecular formula is C122H112Ir7N11O8-7. The van der Waals surface area contributed by atoms with E-state index in [9.17, 15) is 19.2 Å². The van der Waals surface area contributed by atoms with Gasteiger partial charge in [-0.2, -0.15) is 0 Å². The SMILES string of the molecule is CC(=O)C=C(C)O.CC(=O)C=C(C)O.CC(=O)C=C(C)O.CC(C)Cn1c2c[c-]c(-c3ccccn3)cc2c2ccccc21.Cc1cc[c-]c(-c2cccc(C)n2)c1.Cc1cccc(C)c1-n1ccnc1-c1[c-]cccc1.Cc1cccnc1-c1[c-]cccc1.O=C(O)c1ccccn1.[Ir].[Ir].[Ir].[Ir].[Ir].[Ir].[Ir].[c-]1ccccc1-c1ccccn1.[c-]1ccccc1-c1ccccn1.[c-]1ccccc1-c1nccnc1-c1ccccc1. The topological polar surface area (TPSA) is 275 Å². The molecule has 148 heavy (non-hydrogen) atoms. The summed E-state index contributed by atoms with van der Waals surface area (Å²) < 4.78 is 4.55. The van der Waals surface area contributed by atoms with Crippen LogP contribution in [0.2, 0.25) is 0 Å². The van der Waals surface area contributed by atoms with Crippen molar-refractivity contribution in [2.45, 2.75) is 96.6 Å². The van der Waals surface area contributed by atoms with Crippen LogP contribution in [0.5, 0.6) is 0 Å². The normalized spacial score (nSPS) is 9.97. The molecule has 0 aliphatic rings.